The zero-order chi connectivity index (χ0) is 17.0. The molecular formula is C18H25NO4. The Bertz CT molecular complexity index is 670. The number of benzene rings is 2. The third kappa shape index (κ3) is 3.68. The van der Waals surface area contributed by atoms with Crippen molar-refractivity contribution in [3.05, 3.63) is 29.8 Å². The van der Waals surface area contributed by atoms with Crippen LogP contribution in [0.25, 0.3) is 10.8 Å². The first-order valence-corrected chi connectivity index (χ1v) is 7.57. The number of hydrogen-bond donors (Lipinski definition) is 1. The van der Waals surface area contributed by atoms with Crippen LogP contribution in [0.5, 0.6) is 17.2 Å². The number of aliphatic hydroxyl groups is 1. The maximum absolute atomic E-state index is 10.4. The van der Waals surface area contributed by atoms with Crippen LogP contribution in [-0.4, -0.2) is 52.0 Å². The molecule has 1 atom stereocenters. The predicted octanol–water partition coefficient (Wildman–Crippen LogP) is 2.85. The summed E-state index contributed by atoms with van der Waals surface area (Å²) in [6.45, 7) is 0.828. The van der Waals surface area contributed by atoms with Crippen LogP contribution in [0.1, 0.15) is 18.1 Å². The molecule has 0 aromatic heterocycles. The van der Waals surface area contributed by atoms with Crippen molar-refractivity contribution in [2.45, 2.75) is 12.5 Å². The van der Waals surface area contributed by atoms with Crippen LogP contribution in [0.3, 0.4) is 0 Å². The summed E-state index contributed by atoms with van der Waals surface area (Å²) in [7, 11) is 8.78. The van der Waals surface area contributed by atoms with Crippen LogP contribution in [0.2, 0.25) is 0 Å². The number of fused-ring (bicyclic) bond motifs is 1. The van der Waals surface area contributed by atoms with Gasteiger partial charge in [0, 0.05) is 11.9 Å². The van der Waals surface area contributed by atoms with Gasteiger partial charge in [0.25, 0.3) is 0 Å². The van der Waals surface area contributed by atoms with E-state index in [9.17, 15) is 5.11 Å². The van der Waals surface area contributed by atoms with E-state index in [0.717, 1.165) is 22.9 Å². The summed E-state index contributed by atoms with van der Waals surface area (Å²) < 4.78 is 16.3. The van der Waals surface area contributed by atoms with Gasteiger partial charge in [-0.15, -0.1) is 0 Å². The lowest BCUT2D eigenvalue weighted by Gasteiger charge is -2.17. The highest BCUT2D eigenvalue weighted by molar-refractivity contribution is 5.93. The minimum absolute atomic E-state index is 0.499. The first-order valence-electron chi connectivity index (χ1n) is 7.57. The maximum atomic E-state index is 10.4. The minimum Gasteiger partial charge on any atom is -0.493 e. The van der Waals surface area contributed by atoms with Crippen LogP contribution in [-0.2, 0) is 0 Å². The Morgan fingerprint density at radius 1 is 1.00 bits per heavy atom. The van der Waals surface area contributed by atoms with Crippen LogP contribution >= 0.6 is 0 Å². The predicted molar refractivity (Wildman–Crippen MR) is 91.7 cm³/mol. The molecule has 1 unspecified atom stereocenters. The van der Waals surface area contributed by atoms with Gasteiger partial charge in [-0.3, -0.25) is 0 Å². The van der Waals surface area contributed by atoms with E-state index in [4.69, 9.17) is 14.2 Å². The number of aliphatic hydroxyl groups excluding tert-OH is 1. The second kappa shape index (κ2) is 7.53. The Hall–Kier alpha value is -1.98. The molecule has 0 saturated heterocycles. The van der Waals surface area contributed by atoms with Crippen molar-refractivity contribution in [2.75, 3.05) is 42.0 Å². The zero-order valence-corrected chi connectivity index (χ0v) is 14.4. The lowest BCUT2D eigenvalue weighted by atomic mass is 10.0. The summed E-state index contributed by atoms with van der Waals surface area (Å²) in [5.41, 5.74) is 0.883. The van der Waals surface area contributed by atoms with Crippen LogP contribution < -0.4 is 14.2 Å². The lowest BCUT2D eigenvalue weighted by molar-refractivity contribution is 0.154. The molecule has 0 saturated carbocycles. The first-order chi connectivity index (χ1) is 11.0. The third-order valence-corrected chi connectivity index (χ3v) is 3.90. The van der Waals surface area contributed by atoms with E-state index in [0.29, 0.717) is 23.7 Å². The van der Waals surface area contributed by atoms with Crippen LogP contribution in [0.4, 0.5) is 0 Å². The standard InChI is InChI=1S/C18H25NO4/c1-19(2)9-8-15(20)12-6-7-14-13(10-12)11-16(21-3)18(23-5)17(14)22-4/h6-7,10-11,15,20H,8-9H2,1-5H3. The van der Waals surface area contributed by atoms with Crippen LogP contribution in [0.15, 0.2) is 24.3 Å². The smallest absolute Gasteiger partial charge is 0.203 e. The summed E-state index contributed by atoms with van der Waals surface area (Å²) >= 11 is 0. The van der Waals surface area contributed by atoms with E-state index in [2.05, 4.69) is 4.90 Å². The molecule has 0 spiro atoms. The van der Waals surface area contributed by atoms with E-state index in [1.54, 1.807) is 21.3 Å². The highest BCUT2D eigenvalue weighted by Crippen LogP contribution is 2.43. The van der Waals surface area contributed by atoms with Gasteiger partial charge >= 0.3 is 0 Å². The molecule has 2 rings (SSSR count). The average molecular weight is 319 g/mol. The molecule has 0 fully saturated rings. The average Bonchev–Trinajstić information content (AvgIpc) is 2.56. The minimum atomic E-state index is -0.499. The van der Waals surface area contributed by atoms with E-state index < -0.39 is 6.10 Å². The summed E-state index contributed by atoms with van der Waals surface area (Å²) in [6, 6.07) is 7.75. The Morgan fingerprint density at radius 3 is 2.26 bits per heavy atom. The molecule has 5 heteroatoms. The molecule has 126 valence electrons. The van der Waals surface area contributed by atoms with Crippen molar-refractivity contribution < 1.29 is 19.3 Å². The van der Waals surface area contributed by atoms with E-state index in [1.807, 2.05) is 38.4 Å². The number of methoxy groups -OCH3 is 3. The largest absolute Gasteiger partial charge is 0.493 e. The van der Waals surface area contributed by atoms with Gasteiger partial charge in [0.15, 0.2) is 11.5 Å². The van der Waals surface area contributed by atoms with E-state index in [-0.39, 0.29) is 0 Å². The van der Waals surface area contributed by atoms with Crippen molar-refractivity contribution in [3.63, 3.8) is 0 Å². The zero-order valence-electron chi connectivity index (χ0n) is 14.4. The molecule has 0 aliphatic rings. The van der Waals surface area contributed by atoms with Crippen molar-refractivity contribution in [2.24, 2.45) is 0 Å². The van der Waals surface area contributed by atoms with Crippen molar-refractivity contribution in [1.29, 1.82) is 0 Å². The Labute approximate surface area is 137 Å². The number of nitrogens with zero attached hydrogens (tertiary/aromatic N) is 1. The van der Waals surface area contributed by atoms with E-state index in [1.165, 1.54) is 0 Å². The molecule has 0 aliphatic heterocycles. The fraction of sp³-hybridized carbons (Fsp3) is 0.444. The van der Waals surface area contributed by atoms with Gasteiger partial charge in [0.05, 0.1) is 27.4 Å². The van der Waals surface area contributed by atoms with Crippen LogP contribution in [0, 0.1) is 0 Å². The van der Waals surface area contributed by atoms with E-state index >= 15 is 0 Å². The summed E-state index contributed by atoms with van der Waals surface area (Å²) in [6.07, 6.45) is 0.184. The lowest BCUT2D eigenvalue weighted by Crippen LogP contribution is -2.15. The molecule has 0 radical (unpaired) electrons. The molecule has 23 heavy (non-hydrogen) atoms. The molecule has 2 aromatic rings. The SMILES string of the molecule is COc1cc2cc(C(O)CCN(C)C)ccc2c(OC)c1OC. The molecule has 0 aliphatic carbocycles. The molecule has 0 heterocycles. The fourth-order valence-electron chi connectivity index (χ4n) is 2.65. The summed E-state index contributed by atoms with van der Waals surface area (Å²) in [5, 5.41) is 12.2. The summed E-state index contributed by atoms with van der Waals surface area (Å²) in [4.78, 5) is 2.06. The van der Waals surface area contributed by atoms with Gasteiger partial charge in [0.2, 0.25) is 5.75 Å². The van der Waals surface area contributed by atoms with Gasteiger partial charge in [0.1, 0.15) is 0 Å². The van der Waals surface area contributed by atoms with Crippen molar-refractivity contribution in [1.82, 2.24) is 4.90 Å². The quantitative estimate of drug-likeness (QED) is 0.850. The monoisotopic (exact) mass is 319 g/mol. The van der Waals surface area contributed by atoms with Gasteiger partial charge in [-0.1, -0.05) is 12.1 Å². The Kier molecular flexibility index (Phi) is 5.69. The number of ether oxygens (including phenoxy) is 3. The molecule has 0 bridgehead atoms. The normalized spacial score (nSPS) is 12.5. The number of hydrogen-bond acceptors (Lipinski definition) is 5. The third-order valence-electron chi connectivity index (χ3n) is 3.90. The van der Waals surface area contributed by atoms with Gasteiger partial charge in [-0.25, -0.2) is 0 Å². The van der Waals surface area contributed by atoms with Gasteiger partial charge in [-0.05, 0) is 43.6 Å². The molecule has 2 aromatic carbocycles. The summed E-state index contributed by atoms with van der Waals surface area (Å²) in [5.74, 6) is 1.82. The first kappa shape index (κ1) is 17.4. The van der Waals surface area contributed by atoms with Gasteiger partial charge < -0.3 is 24.2 Å². The maximum Gasteiger partial charge on any atom is 0.203 e. The Balaban J connectivity index is 2.47. The fourth-order valence-corrected chi connectivity index (χ4v) is 2.65. The molecular weight excluding hydrogens is 294 g/mol. The highest BCUT2D eigenvalue weighted by Gasteiger charge is 2.17. The molecule has 1 N–H and O–H groups in total. The second-order valence-corrected chi connectivity index (χ2v) is 5.73. The van der Waals surface area contributed by atoms with Gasteiger partial charge in [-0.2, -0.15) is 0 Å². The molecule has 5 nitrogen and oxygen atoms in total. The number of rotatable bonds is 7. The second-order valence-electron chi connectivity index (χ2n) is 5.73. The van der Waals surface area contributed by atoms with Crippen molar-refractivity contribution in [3.8, 4) is 17.2 Å². The molecule has 0 amide bonds. The Morgan fingerprint density at radius 2 is 1.70 bits per heavy atom. The van der Waals surface area contributed by atoms with Crippen molar-refractivity contribution >= 4 is 10.8 Å². The topological polar surface area (TPSA) is 51.2 Å². The highest BCUT2D eigenvalue weighted by atomic mass is 16.5.